The summed E-state index contributed by atoms with van der Waals surface area (Å²) in [5, 5.41) is 75.0. The molecule has 15 N–H and O–H groups in total. The SMILES string of the molecule is COc1nc(N)nc2c1ncn2[C@@H]1OC(COP(=O)(N[C@@H](C)C(=O)OC(C)C)SCC2C(=O)N(C)C(=O)N2C)[C@@H](O)[C@@]1(C)O.COc1nc(N)nc2c1ncn2[C@@H]1OC(CO[P@@](=O)(N[C@H](C)C(=O)OC(C)C)SCC2C(=O)N(C)C(=O)N2C)[C@@H](O)[C@@]1(C)O.COc1nc(N)nc2c1ncn2[C@@H]1OC(CO[P@](=O)(N[C@H](C)C(=O)OC(C)C)SCC2C(=O)N(C)C(=O)N2C)[C@@H](O)[C@@]1(C)O. The number of nitrogens with zero attached hydrogens (tertiary/aromatic N) is 18. The fourth-order valence-corrected chi connectivity index (χ4v) is 26.0. The number of imidazole rings is 3. The van der Waals surface area contributed by atoms with Crippen molar-refractivity contribution in [3.05, 3.63) is 19.0 Å². The lowest BCUT2D eigenvalue weighted by atomic mass is 9.96. The molecule has 0 aliphatic carbocycles. The van der Waals surface area contributed by atoms with Gasteiger partial charge in [0.2, 0.25) is 35.5 Å². The minimum atomic E-state index is -4.06. The van der Waals surface area contributed by atoms with Crippen molar-refractivity contribution >= 4 is 159 Å². The minimum Gasteiger partial charge on any atom is -0.479 e. The van der Waals surface area contributed by atoms with Gasteiger partial charge in [-0.15, -0.1) is 0 Å². The first-order valence-electron chi connectivity index (χ1n) is 40.6. The number of urea groups is 3. The number of amides is 9. The number of nitrogens with two attached hydrogens (primary N) is 3. The molecule has 0 spiro atoms. The quantitative estimate of drug-likeness (QED) is 0.0109. The molecule has 0 saturated carbocycles. The predicted molar refractivity (Wildman–Crippen MR) is 469 cm³/mol. The molecule has 21 atom stereocenters. The fraction of sp³-hybridized carbons (Fsp3) is 0.667. The van der Waals surface area contributed by atoms with Gasteiger partial charge < -0.3 is 119 Å². The zero-order chi connectivity index (χ0) is 98.2. The number of aromatic nitrogens is 12. The Hall–Kier alpha value is -9.18. The molecule has 6 saturated heterocycles. The molecule has 0 aromatic carbocycles. The van der Waals surface area contributed by atoms with Gasteiger partial charge in [0.15, 0.2) is 52.2 Å². The summed E-state index contributed by atoms with van der Waals surface area (Å²) in [4.78, 5) is 156. The molecule has 6 fully saturated rings. The second-order valence-corrected chi connectivity index (χ2v) is 45.5. The van der Waals surface area contributed by atoms with Crippen LogP contribution < -0.4 is 46.7 Å². The highest BCUT2D eigenvalue weighted by molar-refractivity contribution is 8.56. The summed E-state index contributed by atoms with van der Waals surface area (Å²) >= 11 is 2.10. The molecule has 12 rings (SSSR count). The Balaban J connectivity index is 0.000000205. The number of rotatable bonds is 36. The molecule has 12 heterocycles. The van der Waals surface area contributed by atoms with Crippen LogP contribution in [0.5, 0.6) is 17.6 Å². The number of carbonyl (C=O) groups excluding carboxylic acids is 9. The summed E-state index contributed by atoms with van der Waals surface area (Å²) in [5.74, 6) is -4.07. The lowest BCUT2D eigenvalue weighted by Gasteiger charge is -2.27. The van der Waals surface area contributed by atoms with Crippen molar-refractivity contribution in [1.82, 2.24) is 103 Å². The Bertz CT molecular complexity index is 4940. The zero-order valence-electron chi connectivity index (χ0n) is 75.7. The number of imide groups is 3. The van der Waals surface area contributed by atoms with E-state index in [2.05, 4.69) is 60.1 Å². The number of carbonyl (C=O) groups is 9. The van der Waals surface area contributed by atoms with Gasteiger partial charge in [-0.1, -0.05) is 34.1 Å². The van der Waals surface area contributed by atoms with Crippen LogP contribution in [0.15, 0.2) is 19.0 Å². The number of esters is 3. The van der Waals surface area contributed by atoms with Crippen molar-refractivity contribution in [2.75, 3.05) is 118 Å². The number of anilines is 3. The van der Waals surface area contributed by atoms with E-state index in [1.807, 2.05) is 0 Å². The highest BCUT2D eigenvalue weighted by Gasteiger charge is 2.58. The number of nitrogens with one attached hydrogen (secondary N) is 3. The van der Waals surface area contributed by atoms with Gasteiger partial charge >= 0.3 is 56.2 Å². The number of ether oxygens (including phenoxy) is 9. The molecule has 0 bridgehead atoms. The number of aliphatic hydroxyl groups is 6. The van der Waals surface area contributed by atoms with Crippen molar-refractivity contribution < 1.29 is 144 Å². The average Bonchev–Trinajstić information content (AvgIpc) is 1.60. The Kier molecular flexibility index (Phi) is 33.0. The largest absolute Gasteiger partial charge is 0.479 e. The van der Waals surface area contributed by atoms with Gasteiger partial charge in [0, 0.05) is 59.5 Å². The van der Waals surface area contributed by atoms with Gasteiger partial charge in [0.25, 0.3) is 17.7 Å². The molecular weight excluding hydrogens is 1870 g/mol. The van der Waals surface area contributed by atoms with Crippen molar-refractivity contribution in [2.45, 2.75) is 210 Å². The van der Waals surface area contributed by atoms with Crippen LogP contribution in [0.2, 0.25) is 0 Å². The molecule has 6 aliphatic rings. The van der Waals surface area contributed by atoms with Crippen LogP contribution in [0.1, 0.15) is 102 Å². The van der Waals surface area contributed by atoms with Crippen molar-refractivity contribution in [1.29, 1.82) is 0 Å². The van der Waals surface area contributed by atoms with Crippen molar-refractivity contribution in [3.8, 4) is 17.6 Å². The maximum absolute atomic E-state index is 14.1. The standard InChI is InChI=1S/3C24H37N8O10PS/c3*1-11(2)41-20(35)12(3)29-43(38,44-9-13-19(34)31(6)23(36)30(13)5)40-8-14-16(33)24(4,37)21(42-14)32-10-26-15-17(32)27-22(25)28-18(15)39-7/h3*10-14,16,21,33,37H,8-9H2,1-7H3,(H,29,38)(H2,25,27,28)/t12-,13?,14?,16+,21+,24+,43?;12-,13?,14?,16-,21-,24-,43+;12-,13?,14?,16-,21-,24-,43-/m011/s1. The fourth-order valence-electron chi connectivity index (χ4n) is 14.1. The number of likely N-dealkylation sites (N-methyl/N-ethyl adjacent to an activating group) is 6. The second-order valence-electron chi connectivity index (χ2n) is 32.5. The Morgan fingerprint density at radius 2 is 0.659 bits per heavy atom. The van der Waals surface area contributed by atoms with E-state index in [1.165, 1.54) is 153 Å². The smallest absolute Gasteiger partial charge is 0.327 e. The highest BCUT2D eigenvalue weighted by atomic mass is 32.7. The second kappa shape index (κ2) is 41.6. The first-order valence-corrected chi connectivity index (χ1v) is 50.2. The summed E-state index contributed by atoms with van der Waals surface area (Å²) < 4.78 is 113. The first kappa shape index (κ1) is 105. The minimum absolute atomic E-state index is 0.0951. The maximum Gasteiger partial charge on any atom is 0.327 e. The molecule has 54 nitrogen and oxygen atoms in total. The predicted octanol–water partition coefficient (Wildman–Crippen LogP) is 0.319. The summed E-state index contributed by atoms with van der Waals surface area (Å²) in [7, 11) is 12.5. The zero-order valence-corrected chi connectivity index (χ0v) is 80.8. The lowest BCUT2D eigenvalue weighted by molar-refractivity contribution is -0.149. The number of methoxy groups -OCH3 is 3. The maximum atomic E-state index is 14.1. The van der Waals surface area contributed by atoms with Crippen LogP contribution in [0.4, 0.5) is 32.2 Å². The number of nitrogen functional groups attached to an aromatic ring is 3. The molecule has 132 heavy (non-hydrogen) atoms. The third kappa shape index (κ3) is 22.3. The van der Waals surface area contributed by atoms with Crippen molar-refractivity contribution in [3.63, 3.8) is 0 Å². The van der Waals surface area contributed by atoms with Gasteiger partial charge in [0.1, 0.15) is 89.7 Å². The Labute approximate surface area is 766 Å². The van der Waals surface area contributed by atoms with Crippen LogP contribution in [-0.2, 0) is 84.5 Å². The molecule has 6 aliphatic heterocycles. The van der Waals surface area contributed by atoms with Gasteiger partial charge in [-0.3, -0.25) is 70.9 Å². The summed E-state index contributed by atoms with van der Waals surface area (Å²) in [5.41, 5.74) is 12.9. The van der Waals surface area contributed by atoms with Gasteiger partial charge in [-0.25, -0.2) is 44.6 Å². The Morgan fingerprint density at radius 1 is 0.432 bits per heavy atom. The van der Waals surface area contributed by atoms with E-state index < -0.39 is 220 Å². The summed E-state index contributed by atoms with van der Waals surface area (Å²) in [6.45, 7) is 4.50. The molecule has 732 valence electrons. The van der Waals surface area contributed by atoms with Gasteiger partial charge in [-0.2, -0.15) is 29.9 Å². The number of aliphatic hydroxyl groups excluding tert-OH is 3. The van der Waals surface area contributed by atoms with Crippen molar-refractivity contribution in [2.24, 2.45) is 0 Å². The van der Waals surface area contributed by atoms with Gasteiger partial charge in [-0.05, 0) is 83.1 Å². The average molecular weight is 1980 g/mol. The molecule has 60 heteroatoms. The van der Waals surface area contributed by atoms with E-state index in [9.17, 15) is 87.5 Å². The van der Waals surface area contributed by atoms with E-state index in [0.717, 1.165) is 14.7 Å². The van der Waals surface area contributed by atoms with E-state index >= 15 is 0 Å². The van der Waals surface area contributed by atoms with Crippen LogP contribution in [0.3, 0.4) is 0 Å². The van der Waals surface area contributed by atoms with E-state index in [1.54, 1.807) is 41.5 Å². The molecule has 6 aromatic heterocycles. The lowest BCUT2D eigenvalue weighted by Crippen LogP contribution is -2.44. The van der Waals surface area contributed by atoms with E-state index in [-0.39, 0.29) is 86.2 Å². The Morgan fingerprint density at radius 3 is 0.856 bits per heavy atom. The topological polar surface area (TPSA) is 701 Å². The van der Waals surface area contributed by atoms with Gasteiger partial charge in [0.05, 0.1) is 78.4 Å². The molecule has 7 unspecified atom stereocenters. The number of hydrogen-bond donors (Lipinski definition) is 12. The normalized spacial score (nSPS) is 27.8. The molecular formula is C72H111N24O30P3S3. The third-order valence-electron chi connectivity index (χ3n) is 21.4. The highest BCUT2D eigenvalue weighted by Crippen LogP contribution is 2.61. The number of hydrogen-bond acceptors (Lipinski definition) is 45. The summed E-state index contributed by atoms with van der Waals surface area (Å²) in [6, 6.07) is -7.67. The number of fused-ring (bicyclic) bond motifs is 3. The first-order chi connectivity index (χ1) is 61.5. The van der Waals surface area contributed by atoms with Crippen LogP contribution in [-0.4, -0.2) is 381 Å². The van der Waals surface area contributed by atoms with Crippen LogP contribution in [0, 0.1) is 0 Å². The molecule has 0 radical (unpaired) electrons. The molecule has 9 amide bonds. The van der Waals surface area contributed by atoms with Crippen LogP contribution in [0.25, 0.3) is 33.5 Å². The third-order valence-corrected chi connectivity index (χ3v) is 33.7. The summed E-state index contributed by atoms with van der Waals surface area (Å²) in [6.07, 6.45) is -9.47. The van der Waals surface area contributed by atoms with Crippen LogP contribution >= 0.6 is 54.3 Å². The van der Waals surface area contributed by atoms with E-state index in [4.69, 9.17) is 73.4 Å². The van der Waals surface area contributed by atoms with E-state index in [0.29, 0.717) is 34.1 Å². The monoisotopic (exact) mass is 1980 g/mol. The molecule has 6 aromatic rings.